The molecule has 5 nitrogen and oxygen atoms in total. The predicted octanol–water partition coefficient (Wildman–Crippen LogP) is 2.97. The maximum atomic E-state index is 14.0. The highest BCUT2D eigenvalue weighted by Crippen LogP contribution is 2.40. The Labute approximate surface area is 136 Å². The average Bonchev–Trinajstić information content (AvgIpc) is 3.40. The van der Waals surface area contributed by atoms with Gasteiger partial charge in [0.2, 0.25) is 11.2 Å². The van der Waals surface area contributed by atoms with Gasteiger partial charge in [-0.15, -0.1) is 0 Å². The Morgan fingerprint density at radius 1 is 1.46 bits per heavy atom. The van der Waals surface area contributed by atoms with Crippen LogP contribution in [0, 0.1) is 11.6 Å². The molecule has 2 aromatic rings. The number of carbonyl (C=O) groups excluding carboxylic acids is 1. The highest BCUT2D eigenvalue weighted by atomic mass is 19.2. The molecule has 0 N–H and O–H groups in total. The molecule has 1 aromatic carbocycles. The Morgan fingerprint density at radius 3 is 2.75 bits per heavy atom. The second-order valence-corrected chi connectivity index (χ2v) is 5.50. The Kier molecular flexibility index (Phi) is 4.09. The van der Waals surface area contributed by atoms with Crippen molar-refractivity contribution >= 4 is 16.9 Å². The van der Waals surface area contributed by atoms with Gasteiger partial charge in [0.05, 0.1) is 18.0 Å². The van der Waals surface area contributed by atoms with E-state index in [1.165, 1.54) is 19.4 Å². The first-order valence-electron chi connectivity index (χ1n) is 7.38. The molecule has 0 amide bonds. The predicted molar refractivity (Wildman–Crippen MR) is 83.4 cm³/mol. The molecule has 1 heterocycles. The maximum Gasteiger partial charge on any atom is 0.343 e. The van der Waals surface area contributed by atoms with Crippen LogP contribution in [-0.4, -0.2) is 24.3 Å². The van der Waals surface area contributed by atoms with Gasteiger partial charge in [0, 0.05) is 12.2 Å². The quantitative estimate of drug-likeness (QED) is 0.623. The third-order valence-corrected chi connectivity index (χ3v) is 3.86. The second-order valence-electron chi connectivity index (χ2n) is 5.50. The van der Waals surface area contributed by atoms with Gasteiger partial charge in [-0.3, -0.25) is 4.79 Å². The average molecular weight is 335 g/mol. The van der Waals surface area contributed by atoms with Gasteiger partial charge in [0.1, 0.15) is 12.2 Å². The summed E-state index contributed by atoms with van der Waals surface area (Å²) in [5.74, 6) is -3.56. The zero-order valence-corrected chi connectivity index (χ0v) is 13.0. The first kappa shape index (κ1) is 16.2. The van der Waals surface area contributed by atoms with Crippen LogP contribution in [0.3, 0.4) is 0 Å². The fraction of sp³-hybridized carbons (Fsp3) is 0.294. The lowest BCUT2D eigenvalue weighted by atomic mass is 10.1. The highest BCUT2D eigenvalue weighted by Gasteiger charge is 2.30. The number of rotatable bonds is 5. The summed E-state index contributed by atoms with van der Waals surface area (Å²) < 4.78 is 39.3. The molecule has 0 unspecified atom stereocenters. The van der Waals surface area contributed by atoms with Crippen LogP contribution < -0.4 is 10.2 Å². The van der Waals surface area contributed by atoms with E-state index in [-0.39, 0.29) is 34.9 Å². The molecule has 24 heavy (non-hydrogen) atoms. The molecule has 126 valence electrons. The third-order valence-electron chi connectivity index (χ3n) is 3.86. The number of aromatic nitrogens is 1. The third kappa shape index (κ3) is 2.55. The van der Waals surface area contributed by atoms with Crippen molar-refractivity contribution in [2.75, 3.05) is 13.7 Å². The first-order chi connectivity index (χ1) is 11.5. The largest absolute Gasteiger partial charge is 0.491 e. The van der Waals surface area contributed by atoms with Crippen molar-refractivity contribution in [3.8, 4) is 5.75 Å². The molecule has 0 aliphatic heterocycles. The summed E-state index contributed by atoms with van der Waals surface area (Å²) in [5, 5.41) is -0.120. The summed E-state index contributed by atoms with van der Waals surface area (Å²) in [6.07, 6.45) is 4.31. The van der Waals surface area contributed by atoms with E-state index in [9.17, 15) is 18.4 Å². The summed E-state index contributed by atoms with van der Waals surface area (Å²) in [6.45, 7) is 3.38. The van der Waals surface area contributed by atoms with Crippen LogP contribution in [0.1, 0.15) is 29.2 Å². The summed E-state index contributed by atoms with van der Waals surface area (Å²) >= 11 is 0. The van der Waals surface area contributed by atoms with Gasteiger partial charge < -0.3 is 14.0 Å². The summed E-state index contributed by atoms with van der Waals surface area (Å²) in [7, 11) is 1.20. The molecule has 3 rings (SSSR count). The van der Waals surface area contributed by atoms with Crippen molar-refractivity contribution in [1.29, 1.82) is 0 Å². The summed E-state index contributed by atoms with van der Waals surface area (Å²) in [4.78, 5) is 24.7. The fourth-order valence-electron chi connectivity index (χ4n) is 2.61. The molecule has 0 spiro atoms. The van der Waals surface area contributed by atoms with Crippen molar-refractivity contribution in [1.82, 2.24) is 4.57 Å². The van der Waals surface area contributed by atoms with Gasteiger partial charge in [-0.05, 0) is 18.9 Å². The van der Waals surface area contributed by atoms with E-state index in [2.05, 4.69) is 6.58 Å². The molecule has 0 atom stereocenters. The SMILES string of the molecule is C=CCOC(=O)c1cn(C2CC2)c2c(OC)c(F)c(F)cc2c1=O. The van der Waals surface area contributed by atoms with Crippen molar-refractivity contribution in [3.63, 3.8) is 0 Å². The van der Waals surface area contributed by atoms with E-state index in [1.54, 1.807) is 4.57 Å². The minimum atomic E-state index is -1.21. The molecular weight excluding hydrogens is 320 g/mol. The van der Waals surface area contributed by atoms with Gasteiger partial charge in [-0.25, -0.2) is 9.18 Å². The summed E-state index contributed by atoms with van der Waals surface area (Å²) in [6, 6.07) is 0.788. The number of hydrogen-bond acceptors (Lipinski definition) is 4. The number of halogens is 2. The van der Waals surface area contributed by atoms with Crippen LogP contribution in [0.5, 0.6) is 5.75 Å². The topological polar surface area (TPSA) is 57.5 Å². The monoisotopic (exact) mass is 335 g/mol. The van der Waals surface area contributed by atoms with Crippen molar-refractivity contribution in [2.24, 2.45) is 0 Å². The zero-order chi connectivity index (χ0) is 17.4. The molecule has 1 aromatic heterocycles. The molecule has 1 aliphatic carbocycles. The number of benzene rings is 1. The smallest absolute Gasteiger partial charge is 0.343 e. The van der Waals surface area contributed by atoms with Crippen LogP contribution in [-0.2, 0) is 4.74 Å². The van der Waals surface area contributed by atoms with Gasteiger partial charge >= 0.3 is 5.97 Å². The molecule has 0 radical (unpaired) electrons. The number of carbonyl (C=O) groups is 1. The van der Waals surface area contributed by atoms with Crippen molar-refractivity contribution < 1.29 is 23.0 Å². The van der Waals surface area contributed by atoms with E-state index in [0.29, 0.717) is 0 Å². The Balaban J connectivity index is 2.33. The van der Waals surface area contributed by atoms with E-state index in [4.69, 9.17) is 9.47 Å². The lowest BCUT2D eigenvalue weighted by molar-refractivity contribution is 0.0547. The number of ether oxygens (including phenoxy) is 2. The van der Waals surface area contributed by atoms with Crippen molar-refractivity contribution in [3.05, 3.63) is 52.3 Å². The van der Waals surface area contributed by atoms with Gasteiger partial charge in [0.25, 0.3) is 0 Å². The van der Waals surface area contributed by atoms with Crippen LogP contribution in [0.25, 0.3) is 10.9 Å². The number of fused-ring (bicyclic) bond motifs is 1. The maximum absolute atomic E-state index is 14.0. The highest BCUT2D eigenvalue weighted by molar-refractivity contribution is 5.95. The van der Waals surface area contributed by atoms with E-state index >= 15 is 0 Å². The van der Waals surface area contributed by atoms with Crippen LogP contribution in [0.2, 0.25) is 0 Å². The first-order valence-corrected chi connectivity index (χ1v) is 7.38. The molecule has 1 aliphatic rings. The Bertz CT molecular complexity index is 900. The van der Waals surface area contributed by atoms with E-state index in [0.717, 1.165) is 18.9 Å². The van der Waals surface area contributed by atoms with Crippen LogP contribution in [0.15, 0.2) is 29.7 Å². The van der Waals surface area contributed by atoms with Gasteiger partial charge in [0.15, 0.2) is 11.6 Å². The van der Waals surface area contributed by atoms with Crippen LogP contribution in [0.4, 0.5) is 8.78 Å². The molecule has 7 heteroatoms. The number of pyridine rings is 1. The summed E-state index contributed by atoms with van der Waals surface area (Å²) in [5.41, 5.74) is -0.818. The molecule has 1 saturated carbocycles. The minimum Gasteiger partial charge on any atom is -0.491 e. The number of esters is 1. The van der Waals surface area contributed by atoms with Gasteiger partial charge in [-0.1, -0.05) is 12.7 Å². The molecule has 1 fully saturated rings. The molecular formula is C17H15F2NO4. The van der Waals surface area contributed by atoms with Crippen LogP contribution >= 0.6 is 0 Å². The lowest BCUT2D eigenvalue weighted by Gasteiger charge is -2.16. The minimum absolute atomic E-state index is 0.00202. The van der Waals surface area contributed by atoms with E-state index < -0.39 is 23.0 Å². The van der Waals surface area contributed by atoms with E-state index in [1.807, 2.05) is 0 Å². The lowest BCUT2D eigenvalue weighted by Crippen LogP contribution is -2.21. The molecule has 0 saturated heterocycles. The standard InChI is InChI=1S/C17H15F2NO4/c1-3-6-24-17(22)11-8-20(9-4-5-9)14-10(15(11)21)7-12(18)13(19)16(14)23-2/h3,7-9H,1,4-6H2,2H3. The van der Waals surface area contributed by atoms with Crippen molar-refractivity contribution in [2.45, 2.75) is 18.9 Å². The Hall–Kier alpha value is -2.70. The number of nitrogens with zero attached hydrogens (tertiary/aromatic N) is 1. The number of hydrogen-bond donors (Lipinski definition) is 0. The zero-order valence-electron chi connectivity index (χ0n) is 13.0. The number of methoxy groups -OCH3 is 1. The fourth-order valence-corrected chi connectivity index (χ4v) is 2.61. The Morgan fingerprint density at radius 2 is 2.17 bits per heavy atom. The van der Waals surface area contributed by atoms with Gasteiger partial charge in [-0.2, -0.15) is 4.39 Å². The normalized spacial score (nSPS) is 13.8. The molecule has 0 bridgehead atoms. The second kappa shape index (κ2) is 6.07.